The molecule has 2 atom stereocenters. The second-order valence-corrected chi connectivity index (χ2v) is 10.4. The minimum Gasteiger partial charge on any atom is -0.494 e. The Balaban J connectivity index is 1.57. The van der Waals surface area contributed by atoms with Crippen molar-refractivity contribution in [3.63, 3.8) is 0 Å². The number of ether oxygens (including phenoxy) is 3. The molecule has 0 saturated heterocycles. The fourth-order valence-corrected chi connectivity index (χ4v) is 5.83. The van der Waals surface area contributed by atoms with Crippen molar-refractivity contribution in [3.05, 3.63) is 106 Å². The van der Waals surface area contributed by atoms with E-state index in [1.165, 1.54) is 0 Å². The number of hydrogen-bond donors (Lipinski definition) is 2. The number of Topliss-reactive ketones (excluding diaryl/α,β-unsaturated/α-hetero) is 1. The van der Waals surface area contributed by atoms with Gasteiger partial charge in [0.1, 0.15) is 5.75 Å². The third kappa shape index (κ3) is 5.57. The highest BCUT2D eigenvalue weighted by Crippen LogP contribution is 2.48. The molecule has 5 rings (SSSR count). The van der Waals surface area contributed by atoms with E-state index in [0.29, 0.717) is 59.2 Å². The van der Waals surface area contributed by atoms with Gasteiger partial charge in [0.25, 0.3) is 5.91 Å². The van der Waals surface area contributed by atoms with E-state index in [1.54, 1.807) is 14.2 Å². The zero-order chi connectivity index (χ0) is 29.1. The van der Waals surface area contributed by atoms with Crippen LogP contribution in [0.2, 0.25) is 0 Å². The lowest BCUT2D eigenvalue weighted by molar-refractivity contribution is -0.116. The van der Waals surface area contributed by atoms with E-state index in [0.717, 1.165) is 22.4 Å². The van der Waals surface area contributed by atoms with Crippen LogP contribution >= 0.6 is 0 Å². The molecular weight excluding hydrogens is 516 g/mol. The summed E-state index contributed by atoms with van der Waals surface area (Å²) in [6.45, 7) is 6.29. The van der Waals surface area contributed by atoms with E-state index in [2.05, 4.69) is 10.6 Å². The molecule has 1 aliphatic carbocycles. The second-order valence-electron chi connectivity index (χ2n) is 10.4. The summed E-state index contributed by atoms with van der Waals surface area (Å²) in [6.07, 6.45) is 0.934. The molecule has 2 aliphatic rings. The number of dihydropyridines is 1. The maximum atomic E-state index is 14.1. The third-order valence-electron chi connectivity index (χ3n) is 7.79. The molecular formula is C34H36N2O5. The van der Waals surface area contributed by atoms with Crippen LogP contribution in [0.3, 0.4) is 0 Å². The maximum absolute atomic E-state index is 14.1. The Labute approximate surface area is 241 Å². The Kier molecular flexibility index (Phi) is 8.15. The predicted molar refractivity (Wildman–Crippen MR) is 160 cm³/mol. The van der Waals surface area contributed by atoms with E-state index >= 15 is 0 Å². The number of benzene rings is 3. The summed E-state index contributed by atoms with van der Waals surface area (Å²) in [7, 11) is 3.21. The predicted octanol–water partition coefficient (Wildman–Crippen LogP) is 6.41. The molecule has 1 amide bonds. The summed E-state index contributed by atoms with van der Waals surface area (Å²) < 4.78 is 16.9. The second kappa shape index (κ2) is 11.9. The number of nitrogens with one attached hydrogen (secondary N) is 2. The number of ketones is 1. The minimum absolute atomic E-state index is 0.00275. The summed E-state index contributed by atoms with van der Waals surface area (Å²) in [5.41, 5.74) is 6.28. The number of carbonyl (C=O) groups excluding carboxylic acids is 2. The molecule has 212 valence electrons. The first kappa shape index (κ1) is 28.0. The smallest absolute Gasteiger partial charge is 0.254 e. The Hall–Kier alpha value is -4.52. The molecule has 41 heavy (non-hydrogen) atoms. The average molecular weight is 553 g/mol. The quantitative estimate of drug-likeness (QED) is 0.336. The molecule has 0 radical (unpaired) electrons. The number of amides is 1. The van der Waals surface area contributed by atoms with Gasteiger partial charge in [-0.05, 0) is 69.0 Å². The van der Waals surface area contributed by atoms with Crippen LogP contribution in [0.5, 0.6) is 17.2 Å². The molecule has 0 bridgehead atoms. The normalized spacial score (nSPS) is 18.4. The summed E-state index contributed by atoms with van der Waals surface area (Å²) in [6, 6.07) is 21.1. The van der Waals surface area contributed by atoms with Gasteiger partial charge in [-0.2, -0.15) is 0 Å². The van der Waals surface area contributed by atoms with E-state index in [4.69, 9.17) is 14.2 Å². The van der Waals surface area contributed by atoms with Crippen LogP contribution < -0.4 is 24.8 Å². The largest absolute Gasteiger partial charge is 0.494 e. The molecule has 1 heterocycles. The zero-order valence-corrected chi connectivity index (χ0v) is 24.2. The van der Waals surface area contributed by atoms with Crippen LogP contribution in [0.1, 0.15) is 55.2 Å². The van der Waals surface area contributed by atoms with Gasteiger partial charge >= 0.3 is 0 Å². The fourth-order valence-electron chi connectivity index (χ4n) is 5.83. The van der Waals surface area contributed by atoms with E-state index in [9.17, 15) is 9.59 Å². The molecule has 2 N–H and O–H groups in total. The number of para-hydroxylation sites is 1. The number of carbonyl (C=O) groups is 2. The van der Waals surface area contributed by atoms with Gasteiger partial charge < -0.3 is 24.8 Å². The van der Waals surface area contributed by atoms with Crippen molar-refractivity contribution in [1.29, 1.82) is 0 Å². The third-order valence-corrected chi connectivity index (χ3v) is 7.79. The standard InChI is InChI=1S/C34H36N2O5/c1-6-41-28-10-8-7-9-25(28)32-31(34(38)36-24-14-11-20(2)12-15-24)21(3)35-26-17-23(18-27(37)33(26)32)22-13-16-29(39-4)30(19-22)40-5/h7-16,19,23,32,35H,6,17-18H2,1-5H3,(H,36,38)/t23-,32-/m0/s1. The Bertz CT molecular complexity index is 1540. The van der Waals surface area contributed by atoms with Gasteiger partial charge in [0, 0.05) is 40.2 Å². The highest BCUT2D eigenvalue weighted by Gasteiger charge is 2.42. The van der Waals surface area contributed by atoms with Crippen LogP contribution in [0.4, 0.5) is 5.69 Å². The van der Waals surface area contributed by atoms with Crippen LogP contribution in [-0.4, -0.2) is 32.5 Å². The molecule has 7 heteroatoms. The van der Waals surface area contributed by atoms with Crippen LogP contribution in [0.25, 0.3) is 0 Å². The van der Waals surface area contributed by atoms with Crippen molar-refractivity contribution >= 4 is 17.4 Å². The Morgan fingerprint density at radius 3 is 2.37 bits per heavy atom. The first-order valence-electron chi connectivity index (χ1n) is 13.9. The fraction of sp³-hybridized carbons (Fsp3) is 0.294. The first-order valence-corrected chi connectivity index (χ1v) is 13.9. The van der Waals surface area contributed by atoms with Crippen molar-refractivity contribution < 1.29 is 23.8 Å². The molecule has 0 fully saturated rings. The number of methoxy groups -OCH3 is 2. The van der Waals surface area contributed by atoms with Crippen molar-refractivity contribution in [3.8, 4) is 17.2 Å². The van der Waals surface area contributed by atoms with E-state index in [-0.39, 0.29) is 17.6 Å². The number of hydrogen-bond acceptors (Lipinski definition) is 6. The number of aryl methyl sites for hydroxylation is 1. The highest BCUT2D eigenvalue weighted by atomic mass is 16.5. The molecule has 3 aromatic rings. The first-order chi connectivity index (χ1) is 19.8. The Morgan fingerprint density at radius 2 is 1.66 bits per heavy atom. The molecule has 0 spiro atoms. The molecule has 0 aromatic heterocycles. The van der Waals surface area contributed by atoms with Crippen LogP contribution in [0.15, 0.2) is 89.3 Å². The molecule has 0 unspecified atom stereocenters. The molecule has 0 saturated carbocycles. The van der Waals surface area contributed by atoms with Crippen molar-refractivity contribution in [2.45, 2.75) is 45.4 Å². The molecule has 1 aliphatic heterocycles. The zero-order valence-electron chi connectivity index (χ0n) is 24.2. The summed E-state index contributed by atoms with van der Waals surface area (Å²) in [5.74, 6) is 1.06. The van der Waals surface area contributed by atoms with Gasteiger partial charge in [-0.25, -0.2) is 0 Å². The number of anilines is 1. The molecule has 7 nitrogen and oxygen atoms in total. The van der Waals surface area contributed by atoms with Gasteiger partial charge in [0.2, 0.25) is 0 Å². The van der Waals surface area contributed by atoms with Gasteiger partial charge in [-0.1, -0.05) is 42.0 Å². The summed E-state index contributed by atoms with van der Waals surface area (Å²) in [5, 5.41) is 6.51. The van der Waals surface area contributed by atoms with Crippen molar-refractivity contribution in [2.24, 2.45) is 0 Å². The minimum atomic E-state index is -0.571. The van der Waals surface area contributed by atoms with Crippen LogP contribution in [-0.2, 0) is 9.59 Å². The topological polar surface area (TPSA) is 85.9 Å². The SMILES string of the molecule is CCOc1ccccc1[C@H]1C(C(=O)Nc2ccc(C)cc2)=C(C)NC2=C1C(=O)C[C@@H](c1ccc(OC)c(OC)c1)C2. The number of rotatable bonds is 8. The van der Waals surface area contributed by atoms with E-state index in [1.807, 2.05) is 87.5 Å². The van der Waals surface area contributed by atoms with Crippen molar-refractivity contribution in [1.82, 2.24) is 5.32 Å². The monoisotopic (exact) mass is 552 g/mol. The summed E-state index contributed by atoms with van der Waals surface area (Å²) >= 11 is 0. The van der Waals surface area contributed by atoms with Gasteiger partial charge in [-0.3, -0.25) is 9.59 Å². The average Bonchev–Trinajstić information content (AvgIpc) is 2.97. The lowest BCUT2D eigenvalue weighted by Crippen LogP contribution is -2.37. The van der Waals surface area contributed by atoms with Crippen molar-refractivity contribution in [2.75, 3.05) is 26.1 Å². The van der Waals surface area contributed by atoms with Gasteiger partial charge in [0.05, 0.1) is 26.7 Å². The van der Waals surface area contributed by atoms with Crippen LogP contribution in [0, 0.1) is 6.92 Å². The van der Waals surface area contributed by atoms with E-state index < -0.39 is 5.92 Å². The number of allylic oxidation sites excluding steroid dienone is 3. The lowest BCUT2D eigenvalue weighted by Gasteiger charge is -2.37. The van der Waals surface area contributed by atoms with Gasteiger partial charge in [-0.15, -0.1) is 0 Å². The van der Waals surface area contributed by atoms with Gasteiger partial charge in [0.15, 0.2) is 17.3 Å². The Morgan fingerprint density at radius 1 is 0.927 bits per heavy atom. The maximum Gasteiger partial charge on any atom is 0.254 e. The lowest BCUT2D eigenvalue weighted by atomic mass is 9.71. The summed E-state index contributed by atoms with van der Waals surface area (Å²) in [4.78, 5) is 28.0. The highest BCUT2D eigenvalue weighted by molar-refractivity contribution is 6.10. The molecule has 3 aromatic carbocycles.